The number of amides is 2. The number of para-hydroxylation sites is 2. The zero-order valence-corrected chi connectivity index (χ0v) is 21.7. The number of imidazole rings is 1. The molecule has 1 N–H and O–H groups in total. The second-order valence-electron chi connectivity index (χ2n) is 10.9. The monoisotopic (exact) mass is 488 g/mol. The Hall–Kier alpha value is -3.35. The second-order valence-corrected chi connectivity index (χ2v) is 10.9. The van der Waals surface area contributed by atoms with E-state index >= 15 is 0 Å². The third kappa shape index (κ3) is 4.59. The molecule has 36 heavy (non-hydrogen) atoms. The summed E-state index contributed by atoms with van der Waals surface area (Å²) in [6.07, 6.45) is 4.28. The summed E-state index contributed by atoms with van der Waals surface area (Å²) in [5, 5.41) is 3.30. The van der Waals surface area contributed by atoms with Crippen LogP contribution < -0.4 is 10.1 Å². The van der Waals surface area contributed by atoms with Crippen LogP contribution in [0.4, 0.5) is 0 Å². The van der Waals surface area contributed by atoms with Gasteiger partial charge in [0, 0.05) is 12.6 Å². The van der Waals surface area contributed by atoms with Gasteiger partial charge >= 0.3 is 0 Å². The van der Waals surface area contributed by atoms with E-state index in [0.29, 0.717) is 24.8 Å². The number of carbonyl (C=O) groups is 2. The van der Waals surface area contributed by atoms with Crippen molar-refractivity contribution >= 4 is 22.8 Å². The molecule has 3 aromatic rings. The van der Waals surface area contributed by atoms with Crippen LogP contribution >= 0.6 is 0 Å². The van der Waals surface area contributed by atoms with Gasteiger partial charge in [0.25, 0.3) is 5.91 Å². The fraction of sp³-hybridized carbons (Fsp3) is 0.483. The molecule has 1 aliphatic carbocycles. The molecule has 1 unspecified atom stereocenters. The molecule has 1 fully saturated rings. The lowest BCUT2D eigenvalue weighted by Crippen LogP contribution is -2.64. The van der Waals surface area contributed by atoms with Gasteiger partial charge in [-0.3, -0.25) is 9.59 Å². The third-order valence-corrected chi connectivity index (χ3v) is 7.63. The highest BCUT2D eigenvalue weighted by molar-refractivity contribution is 6.01. The van der Waals surface area contributed by atoms with Crippen LogP contribution in [0.1, 0.15) is 69.6 Å². The van der Waals surface area contributed by atoms with Gasteiger partial charge in [0.05, 0.1) is 23.7 Å². The molecule has 0 bridgehead atoms. The fourth-order valence-corrected chi connectivity index (χ4v) is 5.45. The summed E-state index contributed by atoms with van der Waals surface area (Å²) in [7, 11) is 0. The summed E-state index contributed by atoms with van der Waals surface area (Å²) < 4.78 is 7.69. The van der Waals surface area contributed by atoms with Gasteiger partial charge in [0.1, 0.15) is 11.3 Å². The van der Waals surface area contributed by atoms with Crippen LogP contribution in [0.15, 0.2) is 48.5 Å². The number of fused-ring (bicyclic) bond motifs is 3. The van der Waals surface area contributed by atoms with Crippen molar-refractivity contribution in [3.05, 3.63) is 59.9 Å². The van der Waals surface area contributed by atoms with Gasteiger partial charge in [-0.25, -0.2) is 4.98 Å². The van der Waals surface area contributed by atoms with E-state index in [9.17, 15) is 9.59 Å². The van der Waals surface area contributed by atoms with Crippen LogP contribution in [0, 0.1) is 5.92 Å². The Morgan fingerprint density at radius 3 is 2.50 bits per heavy atom. The van der Waals surface area contributed by atoms with Crippen LogP contribution in [0.25, 0.3) is 11.0 Å². The number of ether oxygens (including phenoxy) is 1. The van der Waals surface area contributed by atoms with Crippen molar-refractivity contribution in [2.75, 3.05) is 0 Å². The fourth-order valence-electron chi connectivity index (χ4n) is 5.45. The average molecular weight is 489 g/mol. The minimum absolute atomic E-state index is 0.0854. The van der Waals surface area contributed by atoms with E-state index in [4.69, 9.17) is 4.74 Å². The van der Waals surface area contributed by atoms with Crippen molar-refractivity contribution in [1.82, 2.24) is 19.8 Å². The topological polar surface area (TPSA) is 76.5 Å². The summed E-state index contributed by atoms with van der Waals surface area (Å²) in [6, 6.07) is 15.6. The van der Waals surface area contributed by atoms with Crippen molar-refractivity contribution in [2.24, 2.45) is 5.92 Å². The zero-order chi connectivity index (χ0) is 25.4. The van der Waals surface area contributed by atoms with Crippen LogP contribution in [-0.2, 0) is 17.9 Å². The summed E-state index contributed by atoms with van der Waals surface area (Å²) in [4.78, 5) is 34.1. The lowest BCUT2D eigenvalue weighted by atomic mass is 9.86. The molecular weight excluding hydrogens is 452 g/mol. The van der Waals surface area contributed by atoms with E-state index < -0.39 is 5.54 Å². The van der Waals surface area contributed by atoms with Crippen LogP contribution in [0.2, 0.25) is 0 Å². The summed E-state index contributed by atoms with van der Waals surface area (Å²) in [5.74, 6) is 1.54. The maximum Gasteiger partial charge on any atom is 0.291 e. The van der Waals surface area contributed by atoms with E-state index in [1.807, 2.05) is 73.9 Å². The molecule has 7 heteroatoms. The minimum atomic E-state index is -1.05. The highest BCUT2D eigenvalue weighted by Gasteiger charge is 2.48. The molecule has 1 aromatic heterocycles. The van der Waals surface area contributed by atoms with E-state index in [0.717, 1.165) is 48.0 Å². The molecule has 0 radical (unpaired) electrons. The predicted octanol–water partition coefficient (Wildman–Crippen LogP) is 4.93. The van der Waals surface area contributed by atoms with Crippen molar-refractivity contribution in [3.63, 3.8) is 0 Å². The maximum atomic E-state index is 13.9. The van der Waals surface area contributed by atoms with Crippen LogP contribution in [-0.4, -0.2) is 44.0 Å². The van der Waals surface area contributed by atoms with Crippen molar-refractivity contribution in [3.8, 4) is 5.75 Å². The van der Waals surface area contributed by atoms with Crippen molar-refractivity contribution in [1.29, 1.82) is 0 Å². The Kier molecular flexibility index (Phi) is 6.49. The largest absolute Gasteiger partial charge is 0.491 e. The van der Waals surface area contributed by atoms with Gasteiger partial charge in [-0.2, -0.15) is 0 Å². The van der Waals surface area contributed by atoms with E-state index in [1.165, 1.54) is 0 Å². The Balaban J connectivity index is 1.48. The van der Waals surface area contributed by atoms with Crippen LogP contribution in [0.3, 0.4) is 0 Å². The minimum Gasteiger partial charge on any atom is -0.491 e. The first kappa shape index (κ1) is 24.3. The number of benzene rings is 2. The van der Waals surface area contributed by atoms with Gasteiger partial charge in [-0.1, -0.05) is 31.2 Å². The molecule has 2 aromatic carbocycles. The molecule has 1 aliphatic heterocycles. The molecule has 2 amide bonds. The smallest absolute Gasteiger partial charge is 0.291 e. The molecule has 1 saturated carbocycles. The molecule has 2 aliphatic rings. The Morgan fingerprint density at radius 1 is 1.11 bits per heavy atom. The first-order valence-electron chi connectivity index (χ1n) is 13.1. The Morgan fingerprint density at radius 2 is 1.81 bits per heavy atom. The number of nitrogens with one attached hydrogen (secondary N) is 1. The summed E-state index contributed by atoms with van der Waals surface area (Å²) >= 11 is 0. The first-order valence-corrected chi connectivity index (χ1v) is 13.1. The highest BCUT2D eigenvalue weighted by atomic mass is 16.5. The van der Waals surface area contributed by atoms with Crippen molar-refractivity contribution < 1.29 is 14.3 Å². The number of nitrogens with zero attached hydrogens (tertiary/aromatic N) is 3. The SMILES string of the molecule is CC1CCC(NC(=O)C2(C)Cn3c(nc4ccccc43)C(=O)N2Cc2ccc(OC(C)C)cc2)CC1. The average Bonchev–Trinajstić information content (AvgIpc) is 3.22. The van der Waals surface area contributed by atoms with E-state index in [2.05, 4.69) is 17.2 Å². The molecule has 190 valence electrons. The molecule has 7 nitrogen and oxygen atoms in total. The second kappa shape index (κ2) is 9.60. The van der Waals surface area contributed by atoms with E-state index in [-0.39, 0.29) is 24.0 Å². The lowest BCUT2D eigenvalue weighted by molar-refractivity contribution is -0.134. The zero-order valence-electron chi connectivity index (χ0n) is 21.7. The quantitative estimate of drug-likeness (QED) is 0.534. The highest BCUT2D eigenvalue weighted by Crippen LogP contribution is 2.33. The normalized spacial score (nSPS) is 24.1. The molecular formula is C29H36N4O3. The number of hydrogen-bond donors (Lipinski definition) is 1. The number of rotatable bonds is 6. The Labute approximate surface area is 212 Å². The summed E-state index contributed by atoms with van der Waals surface area (Å²) in [6.45, 7) is 8.81. The van der Waals surface area contributed by atoms with Gasteiger partial charge in [0.2, 0.25) is 5.91 Å². The maximum absolute atomic E-state index is 13.9. The molecule has 0 saturated heterocycles. The molecule has 0 spiro atoms. The predicted molar refractivity (Wildman–Crippen MR) is 140 cm³/mol. The number of carbonyl (C=O) groups excluding carboxylic acids is 2. The molecule has 2 heterocycles. The van der Waals surface area contributed by atoms with Gasteiger partial charge in [0.15, 0.2) is 5.82 Å². The first-order chi connectivity index (χ1) is 17.2. The van der Waals surface area contributed by atoms with Crippen molar-refractivity contribution in [2.45, 2.75) is 84.2 Å². The standard InChI is InChI=1S/C29H36N4O3/c1-19(2)36-23-15-11-21(12-16-23)17-33-27(34)26-31-24-7-5-6-8-25(24)32(26)18-29(33,4)28(35)30-22-13-9-20(3)10-14-22/h5-8,11-12,15-16,19-20,22H,9-10,13-14,17-18H2,1-4H3,(H,30,35). The van der Waals surface area contributed by atoms with Crippen LogP contribution in [0.5, 0.6) is 5.75 Å². The number of aromatic nitrogens is 2. The van der Waals surface area contributed by atoms with Gasteiger partial charge < -0.3 is 19.5 Å². The summed E-state index contributed by atoms with van der Waals surface area (Å²) in [5.41, 5.74) is 1.53. The van der Waals surface area contributed by atoms with Gasteiger partial charge in [-0.05, 0) is 82.2 Å². The Bertz CT molecular complexity index is 1260. The molecule has 5 rings (SSSR count). The van der Waals surface area contributed by atoms with Gasteiger partial charge in [-0.15, -0.1) is 0 Å². The molecule has 1 atom stereocenters. The lowest BCUT2D eigenvalue weighted by Gasteiger charge is -2.44. The third-order valence-electron chi connectivity index (χ3n) is 7.63. The van der Waals surface area contributed by atoms with E-state index in [1.54, 1.807) is 4.90 Å². The number of hydrogen-bond acceptors (Lipinski definition) is 4.